The topological polar surface area (TPSA) is 76.2 Å². The van der Waals surface area contributed by atoms with Crippen molar-refractivity contribution in [3.05, 3.63) is 28.0 Å². The molecule has 0 amide bonds. The highest BCUT2D eigenvalue weighted by atomic mass is 79.9. The normalized spacial score (nSPS) is 14.9. The zero-order chi connectivity index (χ0) is 10.9. The second-order valence-corrected chi connectivity index (χ2v) is 4.24. The maximum atomic E-state index is 10.9. The van der Waals surface area contributed by atoms with E-state index in [1.807, 2.05) is 0 Å². The van der Waals surface area contributed by atoms with E-state index >= 15 is 0 Å². The molecule has 1 aromatic rings. The number of pyridine rings is 1. The van der Waals surface area contributed by atoms with Crippen molar-refractivity contribution < 1.29 is 9.90 Å². The first kappa shape index (κ1) is 11.1. The van der Waals surface area contributed by atoms with Crippen molar-refractivity contribution >= 4 is 21.9 Å². The highest BCUT2D eigenvalue weighted by molar-refractivity contribution is 9.10. The summed E-state index contributed by atoms with van der Waals surface area (Å²) in [5, 5.41) is 8.91. The zero-order valence-corrected chi connectivity index (χ0v) is 9.50. The van der Waals surface area contributed by atoms with Crippen molar-refractivity contribution in [3.8, 4) is 0 Å². The van der Waals surface area contributed by atoms with Crippen molar-refractivity contribution in [2.24, 2.45) is 5.73 Å². The van der Waals surface area contributed by atoms with E-state index in [4.69, 9.17) is 10.8 Å². The average molecular weight is 259 g/mol. The Labute approximate surface area is 90.3 Å². The fraction of sp³-hybridized carbons (Fsp3) is 0.333. The third-order valence-electron chi connectivity index (χ3n) is 1.98. The molecule has 1 atom stereocenters. The Kier molecular flexibility index (Phi) is 2.92. The number of nitrogens with zero attached hydrogens (tertiary/aromatic N) is 1. The van der Waals surface area contributed by atoms with Gasteiger partial charge in [0.05, 0.1) is 5.69 Å². The molecule has 1 rings (SSSR count). The summed E-state index contributed by atoms with van der Waals surface area (Å²) in [5.74, 6) is -1.09. The molecule has 4 nitrogen and oxygen atoms in total. The van der Waals surface area contributed by atoms with Crippen LogP contribution >= 0.6 is 15.9 Å². The number of hydrogen-bond donors (Lipinski definition) is 2. The van der Waals surface area contributed by atoms with Crippen molar-refractivity contribution in [2.75, 3.05) is 0 Å². The second kappa shape index (κ2) is 3.67. The van der Waals surface area contributed by atoms with Gasteiger partial charge in [0.2, 0.25) is 0 Å². The Morgan fingerprint density at radius 1 is 1.71 bits per heavy atom. The van der Waals surface area contributed by atoms with Crippen LogP contribution in [0.1, 0.15) is 18.2 Å². The van der Waals surface area contributed by atoms with Crippen LogP contribution in [0.25, 0.3) is 0 Å². The molecule has 1 unspecified atom stereocenters. The van der Waals surface area contributed by atoms with Gasteiger partial charge in [-0.15, -0.1) is 0 Å². The van der Waals surface area contributed by atoms with Gasteiger partial charge in [0.1, 0.15) is 0 Å². The van der Waals surface area contributed by atoms with Crippen molar-refractivity contribution in [3.63, 3.8) is 0 Å². The number of carbonyl (C=O) groups is 1. The minimum absolute atomic E-state index is 0.383. The molecule has 0 aromatic carbocycles. The number of carboxylic acids is 1. The number of halogens is 1. The van der Waals surface area contributed by atoms with Crippen LogP contribution in [0.2, 0.25) is 0 Å². The SMILES string of the molecule is Cc1cc(Br)cnc1C(C)(N)C(=O)O. The first-order valence-electron chi connectivity index (χ1n) is 4.00. The number of hydrogen-bond acceptors (Lipinski definition) is 3. The summed E-state index contributed by atoms with van der Waals surface area (Å²) in [4.78, 5) is 14.9. The van der Waals surface area contributed by atoms with Gasteiger partial charge in [0, 0.05) is 10.7 Å². The van der Waals surface area contributed by atoms with Crippen LogP contribution in [0.3, 0.4) is 0 Å². The molecule has 0 aliphatic carbocycles. The molecule has 76 valence electrons. The predicted molar refractivity (Wildman–Crippen MR) is 55.8 cm³/mol. The summed E-state index contributed by atoms with van der Waals surface area (Å²) >= 11 is 3.25. The first-order chi connectivity index (χ1) is 6.35. The van der Waals surface area contributed by atoms with E-state index in [0.717, 1.165) is 10.0 Å². The molecule has 14 heavy (non-hydrogen) atoms. The number of aromatic nitrogens is 1. The summed E-state index contributed by atoms with van der Waals surface area (Å²) in [6.45, 7) is 3.21. The van der Waals surface area contributed by atoms with Crippen LogP contribution in [-0.2, 0) is 10.3 Å². The third kappa shape index (κ3) is 1.93. The standard InChI is InChI=1S/C9H11BrN2O2/c1-5-3-6(10)4-12-7(5)9(2,11)8(13)14/h3-4H,11H2,1-2H3,(H,13,14). The van der Waals surface area contributed by atoms with Crippen LogP contribution < -0.4 is 5.73 Å². The van der Waals surface area contributed by atoms with Crippen LogP contribution in [0, 0.1) is 6.92 Å². The fourth-order valence-corrected chi connectivity index (χ4v) is 1.63. The average Bonchev–Trinajstić information content (AvgIpc) is 2.02. The van der Waals surface area contributed by atoms with Crippen LogP contribution in [0.5, 0.6) is 0 Å². The maximum Gasteiger partial charge on any atom is 0.329 e. The molecular weight excluding hydrogens is 248 g/mol. The minimum atomic E-state index is -1.44. The lowest BCUT2D eigenvalue weighted by atomic mass is 9.95. The Hall–Kier alpha value is -0.940. The Morgan fingerprint density at radius 3 is 2.71 bits per heavy atom. The van der Waals surface area contributed by atoms with Gasteiger partial charge in [-0.1, -0.05) is 0 Å². The molecule has 0 aliphatic heterocycles. The second-order valence-electron chi connectivity index (χ2n) is 3.33. The molecule has 0 spiro atoms. The third-order valence-corrected chi connectivity index (χ3v) is 2.41. The van der Waals surface area contributed by atoms with Gasteiger partial charge in [-0.25, -0.2) is 4.79 Å². The molecule has 0 aliphatic rings. The molecule has 0 saturated heterocycles. The highest BCUT2D eigenvalue weighted by Crippen LogP contribution is 2.22. The van der Waals surface area contributed by atoms with Crippen LogP contribution in [-0.4, -0.2) is 16.1 Å². The highest BCUT2D eigenvalue weighted by Gasteiger charge is 2.33. The number of aryl methyl sites for hydroxylation is 1. The van der Waals surface area contributed by atoms with Gasteiger partial charge in [-0.05, 0) is 41.4 Å². The van der Waals surface area contributed by atoms with Gasteiger partial charge in [-0.2, -0.15) is 0 Å². The van der Waals surface area contributed by atoms with E-state index < -0.39 is 11.5 Å². The van der Waals surface area contributed by atoms with Crippen molar-refractivity contribution in [2.45, 2.75) is 19.4 Å². The maximum absolute atomic E-state index is 10.9. The van der Waals surface area contributed by atoms with Crippen molar-refractivity contribution in [1.82, 2.24) is 4.98 Å². The molecule has 0 radical (unpaired) electrons. The van der Waals surface area contributed by atoms with Crippen LogP contribution in [0.15, 0.2) is 16.7 Å². The van der Waals surface area contributed by atoms with E-state index in [2.05, 4.69) is 20.9 Å². The number of carboxylic acid groups (broad SMARTS) is 1. The van der Waals surface area contributed by atoms with Gasteiger partial charge in [0.15, 0.2) is 5.54 Å². The summed E-state index contributed by atoms with van der Waals surface area (Å²) in [7, 11) is 0. The van der Waals surface area contributed by atoms with Gasteiger partial charge >= 0.3 is 5.97 Å². The first-order valence-corrected chi connectivity index (χ1v) is 4.80. The number of nitrogens with two attached hydrogens (primary N) is 1. The smallest absolute Gasteiger partial charge is 0.329 e. The summed E-state index contributed by atoms with van der Waals surface area (Å²) in [6, 6.07) is 1.79. The lowest BCUT2D eigenvalue weighted by molar-refractivity contribution is -0.143. The Morgan fingerprint density at radius 2 is 2.29 bits per heavy atom. The quantitative estimate of drug-likeness (QED) is 0.841. The molecular formula is C9H11BrN2O2. The minimum Gasteiger partial charge on any atom is -0.480 e. The molecule has 1 heterocycles. The largest absolute Gasteiger partial charge is 0.480 e. The molecule has 0 bridgehead atoms. The summed E-state index contributed by atoms with van der Waals surface area (Å²) < 4.78 is 0.805. The van der Waals surface area contributed by atoms with Gasteiger partial charge in [0.25, 0.3) is 0 Å². The number of aliphatic carboxylic acids is 1. The molecule has 1 aromatic heterocycles. The monoisotopic (exact) mass is 258 g/mol. The predicted octanol–water partition coefficient (Wildman–Crippen LogP) is 1.41. The van der Waals surface area contributed by atoms with E-state index in [1.165, 1.54) is 13.1 Å². The summed E-state index contributed by atoms with van der Waals surface area (Å²) in [6.07, 6.45) is 1.54. The Balaban J connectivity index is 3.26. The van der Waals surface area contributed by atoms with Crippen LogP contribution in [0.4, 0.5) is 0 Å². The molecule has 0 fully saturated rings. The van der Waals surface area contributed by atoms with E-state index in [1.54, 1.807) is 13.0 Å². The van der Waals surface area contributed by atoms with E-state index in [9.17, 15) is 4.79 Å². The fourth-order valence-electron chi connectivity index (χ4n) is 1.19. The molecule has 5 heteroatoms. The van der Waals surface area contributed by atoms with Gasteiger partial charge in [-0.3, -0.25) is 4.98 Å². The number of rotatable bonds is 2. The zero-order valence-electron chi connectivity index (χ0n) is 7.91. The Bertz CT molecular complexity index is 377. The lowest BCUT2D eigenvalue weighted by Gasteiger charge is -2.20. The lowest BCUT2D eigenvalue weighted by Crippen LogP contribution is -2.43. The molecule has 0 saturated carbocycles. The van der Waals surface area contributed by atoms with Crippen molar-refractivity contribution in [1.29, 1.82) is 0 Å². The molecule has 3 N–H and O–H groups in total. The van der Waals surface area contributed by atoms with E-state index in [-0.39, 0.29) is 0 Å². The van der Waals surface area contributed by atoms with Gasteiger partial charge < -0.3 is 10.8 Å². The van der Waals surface area contributed by atoms with E-state index in [0.29, 0.717) is 5.69 Å². The summed E-state index contributed by atoms with van der Waals surface area (Å²) in [5.41, 5.74) is 5.35.